The van der Waals surface area contributed by atoms with Gasteiger partial charge in [-0.1, -0.05) is 24.3 Å². The van der Waals surface area contributed by atoms with Crippen LogP contribution < -0.4 is 10.6 Å². The summed E-state index contributed by atoms with van der Waals surface area (Å²) in [6, 6.07) is 17.7. The highest BCUT2D eigenvalue weighted by molar-refractivity contribution is 6.08. The Balaban J connectivity index is 1.49. The minimum absolute atomic E-state index is 0.0443. The standard InChI is InChI=1S/C21H18N2O3/c24-19-12-15-4-2-1-3-14(15)11-18(19)21(26)23-17-9-7-16(8-10-17)22-20(25)13-5-6-13/h1-4,7-13,24H,5-6H2,(H,22,25)(H,23,26). The van der Waals surface area contributed by atoms with Crippen molar-refractivity contribution < 1.29 is 14.7 Å². The molecule has 0 unspecified atom stereocenters. The van der Waals surface area contributed by atoms with E-state index < -0.39 is 0 Å². The van der Waals surface area contributed by atoms with E-state index in [9.17, 15) is 14.7 Å². The number of hydrogen-bond donors (Lipinski definition) is 3. The normalized spacial score (nSPS) is 13.4. The van der Waals surface area contributed by atoms with Crippen molar-refractivity contribution in [2.24, 2.45) is 5.92 Å². The summed E-state index contributed by atoms with van der Waals surface area (Å²) < 4.78 is 0. The third-order valence-corrected chi connectivity index (χ3v) is 4.47. The first-order valence-electron chi connectivity index (χ1n) is 8.54. The molecular weight excluding hydrogens is 328 g/mol. The van der Waals surface area contributed by atoms with Crippen LogP contribution in [0.25, 0.3) is 10.8 Å². The van der Waals surface area contributed by atoms with Crippen LogP contribution in [0, 0.1) is 5.92 Å². The lowest BCUT2D eigenvalue weighted by Gasteiger charge is -2.10. The lowest BCUT2D eigenvalue weighted by Crippen LogP contribution is -2.14. The monoisotopic (exact) mass is 346 g/mol. The van der Waals surface area contributed by atoms with Gasteiger partial charge in [0, 0.05) is 17.3 Å². The highest BCUT2D eigenvalue weighted by atomic mass is 16.3. The number of hydrogen-bond acceptors (Lipinski definition) is 3. The maximum atomic E-state index is 12.5. The zero-order valence-corrected chi connectivity index (χ0v) is 14.0. The van der Waals surface area contributed by atoms with Crippen molar-refractivity contribution in [2.75, 3.05) is 10.6 Å². The molecule has 0 aromatic heterocycles. The van der Waals surface area contributed by atoms with Gasteiger partial charge in [-0.2, -0.15) is 0 Å². The molecule has 1 saturated carbocycles. The number of amides is 2. The lowest BCUT2D eigenvalue weighted by molar-refractivity contribution is -0.117. The third kappa shape index (κ3) is 3.37. The van der Waals surface area contributed by atoms with Crippen molar-refractivity contribution >= 4 is 34.0 Å². The van der Waals surface area contributed by atoms with E-state index in [1.807, 2.05) is 24.3 Å². The van der Waals surface area contributed by atoms with E-state index in [4.69, 9.17) is 0 Å². The SMILES string of the molecule is O=C(Nc1ccc(NC(=O)C2CC2)cc1)c1cc2ccccc2cc1O. The van der Waals surface area contributed by atoms with Gasteiger partial charge in [0.25, 0.3) is 5.91 Å². The highest BCUT2D eigenvalue weighted by Gasteiger charge is 2.29. The first kappa shape index (κ1) is 16.1. The molecule has 1 aliphatic carbocycles. The van der Waals surface area contributed by atoms with E-state index in [1.54, 1.807) is 36.4 Å². The van der Waals surface area contributed by atoms with Gasteiger partial charge >= 0.3 is 0 Å². The van der Waals surface area contributed by atoms with E-state index in [1.165, 1.54) is 0 Å². The van der Waals surface area contributed by atoms with Gasteiger partial charge in [-0.25, -0.2) is 0 Å². The number of anilines is 2. The van der Waals surface area contributed by atoms with Gasteiger partial charge in [-0.3, -0.25) is 9.59 Å². The number of benzene rings is 3. The van der Waals surface area contributed by atoms with Gasteiger partial charge in [-0.15, -0.1) is 0 Å². The van der Waals surface area contributed by atoms with Crippen LogP contribution in [0.5, 0.6) is 5.75 Å². The number of carbonyl (C=O) groups excluding carboxylic acids is 2. The van der Waals surface area contributed by atoms with Crippen LogP contribution in [0.15, 0.2) is 60.7 Å². The Morgan fingerprint density at radius 1 is 0.846 bits per heavy atom. The molecule has 1 fully saturated rings. The molecule has 0 heterocycles. The Kier molecular flexibility index (Phi) is 4.05. The first-order valence-corrected chi connectivity index (χ1v) is 8.54. The molecule has 0 saturated heterocycles. The van der Waals surface area contributed by atoms with Gasteiger partial charge in [0.2, 0.25) is 5.91 Å². The molecule has 26 heavy (non-hydrogen) atoms. The number of rotatable bonds is 4. The van der Waals surface area contributed by atoms with Crippen LogP contribution >= 0.6 is 0 Å². The fraction of sp³-hybridized carbons (Fsp3) is 0.143. The Bertz CT molecular complexity index is 992. The van der Waals surface area contributed by atoms with Crippen LogP contribution in [0.4, 0.5) is 11.4 Å². The Morgan fingerprint density at radius 3 is 2.04 bits per heavy atom. The Hall–Kier alpha value is -3.34. The average molecular weight is 346 g/mol. The van der Waals surface area contributed by atoms with E-state index in [2.05, 4.69) is 10.6 Å². The molecule has 5 heteroatoms. The van der Waals surface area contributed by atoms with Crippen molar-refractivity contribution in [1.82, 2.24) is 0 Å². The molecule has 0 radical (unpaired) electrons. The van der Waals surface area contributed by atoms with Crippen molar-refractivity contribution in [1.29, 1.82) is 0 Å². The van der Waals surface area contributed by atoms with Crippen molar-refractivity contribution in [2.45, 2.75) is 12.8 Å². The lowest BCUT2D eigenvalue weighted by atomic mass is 10.1. The summed E-state index contributed by atoms with van der Waals surface area (Å²) in [4.78, 5) is 24.3. The largest absolute Gasteiger partial charge is 0.507 e. The van der Waals surface area contributed by atoms with Crippen molar-refractivity contribution in [3.63, 3.8) is 0 Å². The summed E-state index contributed by atoms with van der Waals surface area (Å²) in [5.74, 6) is -0.259. The number of aromatic hydroxyl groups is 1. The molecule has 4 rings (SSSR count). The molecule has 3 aromatic rings. The van der Waals surface area contributed by atoms with Gasteiger partial charge in [0.15, 0.2) is 0 Å². The number of phenols is 1. The van der Waals surface area contributed by atoms with Crippen LogP contribution in [0.3, 0.4) is 0 Å². The molecule has 0 spiro atoms. The number of fused-ring (bicyclic) bond motifs is 1. The number of nitrogens with one attached hydrogen (secondary N) is 2. The second kappa shape index (κ2) is 6.52. The first-order chi connectivity index (χ1) is 12.6. The second-order valence-electron chi connectivity index (χ2n) is 6.51. The van der Waals surface area contributed by atoms with Crippen LogP contribution in [0.1, 0.15) is 23.2 Å². The summed E-state index contributed by atoms with van der Waals surface area (Å²) >= 11 is 0. The minimum atomic E-state index is -0.386. The fourth-order valence-electron chi connectivity index (χ4n) is 2.84. The van der Waals surface area contributed by atoms with Crippen LogP contribution in [-0.4, -0.2) is 16.9 Å². The third-order valence-electron chi connectivity index (χ3n) is 4.47. The summed E-state index contributed by atoms with van der Waals surface area (Å²) in [6.07, 6.45) is 1.91. The molecule has 1 aliphatic rings. The number of phenolic OH excluding ortho intramolecular Hbond substituents is 1. The second-order valence-corrected chi connectivity index (χ2v) is 6.51. The molecule has 0 aliphatic heterocycles. The maximum absolute atomic E-state index is 12.5. The quantitative estimate of drug-likeness (QED) is 0.664. The molecule has 3 aromatic carbocycles. The summed E-state index contributed by atoms with van der Waals surface area (Å²) in [6.45, 7) is 0. The van der Waals surface area contributed by atoms with Crippen LogP contribution in [0.2, 0.25) is 0 Å². The minimum Gasteiger partial charge on any atom is -0.507 e. The highest BCUT2D eigenvalue weighted by Crippen LogP contribution is 2.30. The van der Waals surface area contributed by atoms with E-state index in [0.29, 0.717) is 11.4 Å². The zero-order chi connectivity index (χ0) is 18.1. The van der Waals surface area contributed by atoms with Gasteiger partial charge < -0.3 is 15.7 Å². The molecule has 0 atom stereocenters. The maximum Gasteiger partial charge on any atom is 0.259 e. The molecule has 130 valence electrons. The summed E-state index contributed by atoms with van der Waals surface area (Å²) in [5, 5.41) is 17.5. The Labute approximate surface area is 150 Å². The fourth-order valence-corrected chi connectivity index (χ4v) is 2.84. The topological polar surface area (TPSA) is 78.4 Å². The molecule has 3 N–H and O–H groups in total. The average Bonchev–Trinajstić information content (AvgIpc) is 3.48. The Morgan fingerprint density at radius 2 is 1.42 bits per heavy atom. The summed E-state index contributed by atoms with van der Waals surface area (Å²) in [7, 11) is 0. The van der Waals surface area contributed by atoms with Crippen LogP contribution in [-0.2, 0) is 4.79 Å². The summed E-state index contributed by atoms with van der Waals surface area (Å²) in [5.41, 5.74) is 1.51. The van der Waals surface area contributed by atoms with E-state index in [-0.39, 0.29) is 29.0 Å². The molecule has 5 nitrogen and oxygen atoms in total. The molecular formula is C21H18N2O3. The molecule has 0 bridgehead atoms. The van der Waals surface area contributed by atoms with Crippen molar-refractivity contribution in [3.8, 4) is 5.75 Å². The predicted octanol–water partition coefficient (Wildman–Crippen LogP) is 4.15. The van der Waals surface area contributed by atoms with Crippen molar-refractivity contribution in [3.05, 3.63) is 66.2 Å². The zero-order valence-electron chi connectivity index (χ0n) is 14.0. The molecule has 2 amide bonds. The van der Waals surface area contributed by atoms with E-state index in [0.717, 1.165) is 23.6 Å². The smallest absolute Gasteiger partial charge is 0.259 e. The van der Waals surface area contributed by atoms with Gasteiger partial charge in [0.1, 0.15) is 5.75 Å². The van der Waals surface area contributed by atoms with Gasteiger partial charge in [-0.05, 0) is 60.0 Å². The van der Waals surface area contributed by atoms with Gasteiger partial charge in [0.05, 0.1) is 5.56 Å². The van der Waals surface area contributed by atoms with E-state index >= 15 is 0 Å². The predicted molar refractivity (Wildman–Crippen MR) is 101 cm³/mol. The number of carbonyl (C=O) groups is 2.